The number of benzene rings is 1. The quantitative estimate of drug-likeness (QED) is 0.741. The Morgan fingerprint density at radius 3 is 2.88 bits per heavy atom. The number of hydrogen-bond acceptors (Lipinski definition) is 3. The third-order valence-electron chi connectivity index (χ3n) is 3.02. The number of hydrogen-bond donors (Lipinski definition) is 3. The van der Waals surface area contributed by atoms with E-state index in [0.29, 0.717) is 23.7 Å². The zero-order chi connectivity index (χ0) is 12.4. The molecule has 0 bridgehead atoms. The molecule has 0 radical (unpaired) electrons. The average molecular weight is 299 g/mol. The number of aliphatic hydroxyl groups excluding tert-OH is 1. The number of carbonyl (C=O) groups excluding carboxylic acids is 1. The highest BCUT2D eigenvalue weighted by molar-refractivity contribution is 9.10. The molecule has 4 nitrogen and oxygen atoms in total. The molecule has 0 spiro atoms. The minimum absolute atomic E-state index is 0.162. The molecule has 0 saturated heterocycles. The van der Waals surface area contributed by atoms with Crippen LogP contribution in [0.15, 0.2) is 22.7 Å². The van der Waals surface area contributed by atoms with Crippen molar-refractivity contribution in [3.8, 4) is 0 Å². The molecule has 0 unspecified atom stereocenters. The Balaban J connectivity index is 1.92. The van der Waals surface area contributed by atoms with Crippen LogP contribution in [-0.2, 0) is 0 Å². The highest BCUT2D eigenvalue weighted by Gasteiger charge is 2.27. The second kappa shape index (κ2) is 5.06. The average Bonchev–Trinajstić information content (AvgIpc) is 2.26. The van der Waals surface area contributed by atoms with E-state index in [1.54, 1.807) is 18.2 Å². The summed E-state index contributed by atoms with van der Waals surface area (Å²) in [5, 5.41) is 12.0. The standard InChI is InChI=1S/C12H15BrN2O2/c13-8-1-2-11(14)10(5-8)12(17)15-6-7-3-9(16)4-7/h1-2,5,7,9,16H,3-4,6,14H2,(H,15,17). The van der Waals surface area contributed by atoms with Crippen molar-refractivity contribution in [2.75, 3.05) is 12.3 Å². The number of nitrogen functional groups attached to an aromatic ring is 1. The Morgan fingerprint density at radius 1 is 1.53 bits per heavy atom. The lowest BCUT2D eigenvalue weighted by Gasteiger charge is -2.31. The van der Waals surface area contributed by atoms with Gasteiger partial charge in [-0.1, -0.05) is 15.9 Å². The number of carbonyl (C=O) groups is 1. The molecule has 0 aromatic heterocycles. The summed E-state index contributed by atoms with van der Waals surface area (Å²) >= 11 is 3.31. The van der Waals surface area contributed by atoms with Crippen LogP contribution in [0.2, 0.25) is 0 Å². The first-order valence-electron chi connectivity index (χ1n) is 5.57. The van der Waals surface area contributed by atoms with Gasteiger partial charge >= 0.3 is 0 Å². The van der Waals surface area contributed by atoms with Crippen molar-refractivity contribution in [1.29, 1.82) is 0 Å². The summed E-state index contributed by atoms with van der Waals surface area (Å²) < 4.78 is 0.830. The van der Waals surface area contributed by atoms with Crippen molar-refractivity contribution in [2.24, 2.45) is 5.92 Å². The molecule has 0 aliphatic heterocycles. The van der Waals surface area contributed by atoms with E-state index in [9.17, 15) is 4.79 Å². The molecule has 1 aliphatic rings. The van der Waals surface area contributed by atoms with Crippen LogP contribution in [0.25, 0.3) is 0 Å². The van der Waals surface area contributed by atoms with Crippen LogP contribution in [0.5, 0.6) is 0 Å². The summed E-state index contributed by atoms with van der Waals surface area (Å²) in [5.41, 5.74) is 6.70. The molecule has 2 rings (SSSR count). The molecular formula is C12H15BrN2O2. The monoisotopic (exact) mass is 298 g/mol. The van der Waals surface area contributed by atoms with Gasteiger partial charge in [-0.15, -0.1) is 0 Å². The fraction of sp³-hybridized carbons (Fsp3) is 0.417. The summed E-state index contributed by atoms with van der Waals surface area (Å²) in [4.78, 5) is 11.9. The van der Waals surface area contributed by atoms with Gasteiger partial charge in [0.2, 0.25) is 0 Å². The normalized spacial score (nSPS) is 22.9. The summed E-state index contributed by atoms with van der Waals surface area (Å²) in [6.07, 6.45) is 1.36. The molecule has 0 atom stereocenters. The fourth-order valence-corrected chi connectivity index (χ4v) is 2.29. The van der Waals surface area contributed by atoms with Gasteiger partial charge < -0.3 is 16.2 Å². The van der Waals surface area contributed by atoms with Crippen molar-refractivity contribution >= 4 is 27.5 Å². The Hall–Kier alpha value is -1.07. The van der Waals surface area contributed by atoms with Gasteiger partial charge in [-0.05, 0) is 37.0 Å². The van der Waals surface area contributed by atoms with E-state index < -0.39 is 0 Å². The molecule has 1 aromatic carbocycles. The van der Waals surface area contributed by atoms with Crippen LogP contribution in [0.3, 0.4) is 0 Å². The lowest BCUT2D eigenvalue weighted by molar-refractivity contribution is 0.0420. The highest BCUT2D eigenvalue weighted by atomic mass is 79.9. The van der Waals surface area contributed by atoms with Crippen molar-refractivity contribution in [3.63, 3.8) is 0 Å². The second-order valence-electron chi connectivity index (χ2n) is 4.43. The maximum Gasteiger partial charge on any atom is 0.253 e. The minimum Gasteiger partial charge on any atom is -0.398 e. The molecule has 1 aliphatic carbocycles. The van der Waals surface area contributed by atoms with E-state index >= 15 is 0 Å². The number of anilines is 1. The third kappa shape index (κ3) is 2.98. The fourth-order valence-electron chi connectivity index (χ4n) is 1.92. The van der Waals surface area contributed by atoms with Crippen LogP contribution < -0.4 is 11.1 Å². The van der Waals surface area contributed by atoms with E-state index in [-0.39, 0.29) is 12.0 Å². The maximum atomic E-state index is 11.9. The first kappa shape index (κ1) is 12.4. The maximum absolute atomic E-state index is 11.9. The molecule has 17 heavy (non-hydrogen) atoms. The lowest BCUT2D eigenvalue weighted by atomic mass is 9.82. The first-order chi connectivity index (χ1) is 8.06. The van der Waals surface area contributed by atoms with Gasteiger partial charge in [-0.25, -0.2) is 0 Å². The van der Waals surface area contributed by atoms with Gasteiger partial charge in [0.05, 0.1) is 11.7 Å². The molecule has 1 saturated carbocycles. The largest absolute Gasteiger partial charge is 0.398 e. The summed E-state index contributed by atoms with van der Waals surface area (Å²) in [6.45, 7) is 0.599. The van der Waals surface area contributed by atoms with E-state index in [0.717, 1.165) is 17.3 Å². The first-order valence-corrected chi connectivity index (χ1v) is 6.37. The molecule has 0 heterocycles. The Bertz CT molecular complexity index is 431. The second-order valence-corrected chi connectivity index (χ2v) is 5.35. The van der Waals surface area contributed by atoms with Crippen LogP contribution in [-0.4, -0.2) is 23.7 Å². The minimum atomic E-state index is -0.187. The Kier molecular flexibility index (Phi) is 3.69. The summed E-state index contributed by atoms with van der Waals surface area (Å²) in [7, 11) is 0. The topological polar surface area (TPSA) is 75.4 Å². The Morgan fingerprint density at radius 2 is 2.24 bits per heavy atom. The molecule has 4 N–H and O–H groups in total. The predicted octanol–water partition coefficient (Wildman–Crippen LogP) is 1.53. The van der Waals surface area contributed by atoms with Gasteiger partial charge in [0.25, 0.3) is 5.91 Å². The zero-order valence-electron chi connectivity index (χ0n) is 9.32. The van der Waals surface area contributed by atoms with Crippen molar-refractivity contribution < 1.29 is 9.90 Å². The number of amides is 1. The Labute approximate surface area is 108 Å². The molecule has 1 fully saturated rings. The van der Waals surface area contributed by atoms with Crippen LogP contribution in [0, 0.1) is 5.92 Å². The molecule has 92 valence electrons. The SMILES string of the molecule is Nc1ccc(Br)cc1C(=O)NCC1CC(O)C1. The highest BCUT2D eigenvalue weighted by Crippen LogP contribution is 2.26. The smallest absolute Gasteiger partial charge is 0.253 e. The van der Waals surface area contributed by atoms with Gasteiger partial charge in [0.15, 0.2) is 0 Å². The predicted molar refractivity (Wildman–Crippen MR) is 69.6 cm³/mol. The van der Waals surface area contributed by atoms with Crippen molar-refractivity contribution in [3.05, 3.63) is 28.2 Å². The van der Waals surface area contributed by atoms with Crippen molar-refractivity contribution in [2.45, 2.75) is 18.9 Å². The molecule has 1 aromatic rings. The summed E-state index contributed by atoms with van der Waals surface area (Å²) in [5.74, 6) is 0.229. The number of aliphatic hydroxyl groups is 1. The van der Waals surface area contributed by atoms with E-state index in [2.05, 4.69) is 21.2 Å². The van der Waals surface area contributed by atoms with E-state index in [4.69, 9.17) is 10.8 Å². The van der Waals surface area contributed by atoms with Crippen LogP contribution in [0.1, 0.15) is 23.2 Å². The number of nitrogens with one attached hydrogen (secondary N) is 1. The van der Waals surface area contributed by atoms with Gasteiger partial charge in [-0.3, -0.25) is 4.79 Å². The van der Waals surface area contributed by atoms with Crippen LogP contribution >= 0.6 is 15.9 Å². The number of halogens is 1. The number of rotatable bonds is 3. The van der Waals surface area contributed by atoms with Crippen LogP contribution in [0.4, 0.5) is 5.69 Å². The van der Waals surface area contributed by atoms with Gasteiger partial charge in [-0.2, -0.15) is 0 Å². The lowest BCUT2D eigenvalue weighted by Crippen LogP contribution is -2.38. The summed E-state index contributed by atoms with van der Waals surface area (Å²) in [6, 6.07) is 5.21. The number of nitrogens with two attached hydrogens (primary N) is 1. The van der Waals surface area contributed by atoms with E-state index in [1.807, 2.05) is 0 Å². The zero-order valence-corrected chi connectivity index (χ0v) is 10.9. The van der Waals surface area contributed by atoms with E-state index in [1.165, 1.54) is 0 Å². The molecule has 5 heteroatoms. The van der Waals surface area contributed by atoms with Gasteiger partial charge in [0, 0.05) is 16.7 Å². The third-order valence-corrected chi connectivity index (χ3v) is 3.52. The molecule has 1 amide bonds. The van der Waals surface area contributed by atoms with Gasteiger partial charge in [0.1, 0.15) is 0 Å². The van der Waals surface area contributed by atoms with Crippen molar-refractivity contribution in [1.82, 2.24) is 5.32 Å². The molecular weight excluding hydrogens is 284 g/mol.